The average Bonchev–Trinajstić information content (AvgIpc) is 2.56. The van der Waals surface area contributed by atoms with Gasteiger partial charge >= 0.3 is 5.97 Å². The monoisotopic (exact) mass is 315 g/mol. The molecular weight excluding hydrogens is 294 g/mol. The summed E-state index contributed by atoms with van der Waals surface area (Å²) in [5, 5.41) is 11.8. The van der Waals surface area contributed by atoms with Crippen LogP contribution in [0, 0.1) is 0 Å². The lowest BCUT2D eigenvalue weighted by molar-refractivity contribution is -0.138. The molecule has 2 rings (SSSR count). The van der Waals surface area contributed by atoms with Crippen molar-refractivity contribution in [2.75, 3.05) is 19.0 Å². The predicted octanol–water partition coefficient (Wildman–Crippen LogP) is 1.70. The maximum Gasteiger partial charge on any atom is 0.320 e. The first-order valence-electron chi connectivity index (χ1n) is 7.42. The average molecular weight is 315 g/mol. The van der Waals surface area contributed by atoms with Crippen molar-refractivity contribution >= 4 is 11.8 Å². The number of pyridine rings is 1. The van der Waals surface area contributed by atoms with Crippen LogP contribution in [0.25, 0.3) is 0 Å². The van der Waals surface area contributed by atoms with Gasteiger partial charge in [-0.15, -0.1) is 0 Å². The minimum Gasteiger partial charge on any atom is -0.493 e. The van der Waals surface area contributed by atoms with Crippen molar-refractivity contribution < 1.29 is 14.6 Å². The fourth-order valence-corrected chi connectivity index (χ4v) is 2.09. The first-order valence-corrected chi connectivity index (χ1v) is 7.42. The van der Waals surface area contributed by atoms with Crippen molar-refractivity contribution in [1.82, 2.24) is 4.98 Å². The van der Waals surface area contributed by atoms with Crippen LogP contribution in [0.4, 0.5) is 5.82 Å². The summed E-state index contributed by atoms with van der Waals surface area (Å²) in [6.07, 6.45) is 1.01. The van der Waals surface area contributed by atoms with Crippen molar-refractivity contribution in [3.05, 3.63) is 53.7 Å². The molecule has 1 aromatic carbocycles. The van der Waals surface area contributed by atoms with E-state index in [0.29, 0.717) is 19.4 Å². The number of nitrogens with zero attached hydrogens (tertiary/aromatic N) is 1. The summed E-state index contributed by atoms with van der Waals surface area (Å²) in [6, 6.07) is 12.2. The highest BCUT2D eigenvalue weighted by Gasteiger charge is 2.11. The van der Waals surface area contributed by atoms with Gasteiger partial charge in [0.05, 0.1) is 6.61 Å². The lowest BCUT2D eigenvalue weighted by Crippen LogP contribution is -2.32. The Morgan fingerprint density at radius 3 is 2.70 bits per heavy atom. The van der Waals surface area contributed by atoms with Gasteiger partial charge in [0, 0.05) is 19.2 Å². The molecule has 6 heteroatoms. The van der Waals surface area contributed by atoms with E-state index in [4.69, 9.17) is 15.6 Å². The lowest BCUT2D eigenvalue weighted by Gasteiger charge is -2.09. The van der Waals surface area contributed by atoms with Gasteiger partial charge in [-0.1, -0.05) is 18.2 Å². The molecule has 4 N–H and O–H groups in total. The molecule has 0 saturated heterocycles. The molecule has 0 fully saturated rings. The summed E-state index contributed by atoms with van der Waals surface area (Å²) in [5.74, 6) is 0.575. The Balaban J connectivity index is 1.83. The van der Waals surface area contributed by atoms with Crippen LogP contribution in [0.15, 0.2) is 42.5 Å². The Morgan fingerprint density at radius 1 is 1.30 bits per heavy atom. The van der Waals surface area contributed by atoms with Crippen LogP contribution in [-0.4, -0.2) is 35.8 Å². The molecule has 0 amide bonds. The summed E-state index contributed by atoms with van der Waals surface area (Å²) in [6.45, 7) is 0.522. The fraction of sp³-hybridized carbons (Fsp3) is 0.294. The summed E-state index contributed by atoms with van der Waals surface area (Å²) in [4.78, 5) is 15.2. The molecule has 0 aliphatic heterocycles. The minimum absolute atomic E-state index is 0.302. The van der Waals surface area contributed by atoms with Crippen molar-refractivity contribution in [3.63, 3.8) is 0 Å². The van der Waals surface area contributed by atoms with E-state index >= 15 is 0 Å². The smallest absolute Gasteiger partial charge is 0.320 e. The van der Waals surface area contributed by atoms with Crippen molar-refractivity contribution in [2.45, 2.75) is 18.9 Å². The molecule has 23 heavy (non-hydrogen) atoms. The van der Waals surface area contributed by atoms with Crippen LogP contribution in [-0.2, 0) is 17.6 Å². The van der Waals surface area contributed by atoms with Gasteiger partial charge in [0.2, 0.25) is 0 Å². The van der Waals surface area contributed by atoms with Crippen molar-refractivity contribution in [2.24, 2.45) is 5.73 Å². The largest absolute Gasteiger partial charge is 0.493 e. The number of nitrogens with two attached hydrogens (primary N) is 1. The molecule has 1 heterocycles. The van der Waals surface area contributed by atoms with Crippen LogP contribution in [0.2, 0.25) is 0 Å². The summed E-state index contributed by atoms with van der Waals surface area (Å²) in [7, 11) is 1.83. The summed E-state index contributed by atoms with van der Waals surface area (Å²) in [5.41, 5.74) is 7.34. The van der Waals surface area contributed by atoms with E-state index < -0.39 is 12.0 Å². The molecule has 1 aromatic heterocycles. The number of anilines is 1. The van der Waals surface area contributed by atoms with Gasteiger partial charge in [-0.3, -0.25) is 4.79 Å². The molecule has 2 aromatic rings. The van der Waals surface area contributed by atoms with E-state index in [0.717, 1.165) is 22.8 Å². The maximum atomic E-state index is 10.7. The number of carboxylic acid groups (broad SMARTS) is 1. The third kappa shape index (κ3) is 5.27. The number of aromatic nitrogens is 1. The third-order valence-corrected chi connectivity index (χ3v) is 3.39. The standard InChI is InChI=1S/C17H21N3O3/c1-19-16-4-2-3-13(20-16)9-10-23-14-7-5-12(6-8-14)11-15(18)17(21)22/h2-8,15H,9-11,18H2,1H3,(H,19,20)(H,21,22)/t15-/m0/s1. The summed E-state index contributed by atoms with van der Waals surface area (Å²) < 4.78 is 5.68. The molecule has 0 bridgehead atoms. The molecule has 0 aliphatic rings. The third-order valence-electron chi connectivity index (χ3n) is 3.39. The van der Waals surface area contributed by atoms with Gasteiger partial charge in [0.15, 0.2) is 0 Å². The van der Waals surface area contributed by atoms with Crippen LogP contribution < -0.4 is 15.8 Å². The number of aliphatic carboxylic acids is 1. The van der Waals surface area contributed by atoms with Gasteiger partial charge in [-0.2, -0.15) is 0 Å². The lowest BCUT2D eigenvalue weighted by atomic mass is 10.1. The molecule has 122 valence electrons. The van der Waals surface area contributed by atoms with Crippen LogP contribution in [0.1, 0.15) is 11.3 Å². The zero-order valence-corrected chi connectivity index (χ0v) is 13.0. The normalized spacial score (nSPS) is 11.7. The van der Waals surface area contributed by atoms with Gasteiger partial charge in [-0.05, 0) is 36.2 Å². The molecular formula is C17H21N3O3. The van der Waals surface area contributed by atoms with Crippen LogP contribution >= 0.6 is 0 Å². The van der Waals surface area contributed by atoms with Gasteiger partial charge in [-0.25, -0.2) is 4.98 Å². The van der Waals surface area contributed by atoms with Gasteiger partial charge in [0.25, 0.3) is 0 Å². The van der Waals surface area contributed by atoms with Gasteiger partial charge in [0.1, 0.15) is 17.6 Å². The number of rotatable bonds is 8. The molecule has 0 saturated carbocycles. The second-order valence-corrected chi connectivity index (χ2v) is 5.16. The maximum absolute atomic E-state index is 10.7. The highest BCUT2D eigenvalue weighted by Crippen LogP contribution is 2.14. The quantitative estimate of drug-likeness (QED) is 0.686. The zero-order valence-electron chi connectivity index (χ0n) is 13.0. The van der Waals surface area contributed by atoms with E-state index in [1.54, 1.807) is 0 Å². The predicted molar refractivity (Wildman–Crippen MR) is 88.7 cm³/mol. The molecule has 1 atom stereocenters. The van der Waals surface area contributed by atoms with E-state index in [1.807, 2.05) is 49.5 Å². The number of hydrogen-bond donors (Lipinski definition) is 3. The zero-order chi connectivity index (χ0) is 16.7. The molecule has 0 unspecified atom stereocenters. The van der Waals surface area contributed by atoms with Crippen LogP contribution in [0.5, 0.6) is 5.75 Å². The Kier molecular flexibility index (Phi) is 5.94. The number of hydrogen-bond acceptors (Lipinski definition) is 5. The van der Waals surface area contributed by atoms with E-state index in [-0.39, 0.29) is 0 Å². The second kappa shape index (κ2) is 8.14. The van der Waals surface area contributed by atoms with E-state index in [9.17, 15) is 4.79 Å². The molecule has 0 radical (unpaired) electrons. The van der Waals surface area contributed by atoms with Crippen molar-refractivity contribution in [1.29, 1.82) is 0 Å². The highest BCUT2D eigenvalue weighted by molar-refractivity contribution is 5.73. The number of benzene rings is 1. The topological polar surface area (TPSA) is 97.5 Å². The van der Waals surface area contributed by atoms with E-state index in [2.05, 4.69) is 10.3 Å². The second-order valence-electron chi connectivity index (χ2n) is 5.16. The molecule has 6 nitrogen and oxygen atoms in total. The summed E-state index contributed by atoms with van der Waals surface area (Å²) >= 11 is 0. The fourth-order valence-electron chi connectivity index (χ4n) is 2.09. The van der Waals surface area contributed by atoms with Crippen molar-refractivity contribution in [3.8, 4) is 5.75 Å². The number of carboxylic acids is 1. The Bertz CT molecular complexity index is 644. The molecule has 0 aliphatic carbocycles. The number of nitrogens with one attached hydrogen (secondary N) is 1. The highest BCUT2D eigenvalue weighted by atomic mass is 16.5. The minimum atomic E-state index is -0.998. The Morgan fingerprint density at radius 2 is 2.04 bits per heavy atom. The first-order chi connectivity index (χ1) is 11.1. The number of carbonyl (C=O) groups is 1. The van der Waals surface area contributed by atoms with E-state index in [1.165, 1.54) is 0 Å². The number of ether oxygens (including phenoxy) is 1. The SMILES string of the molecule is CNc1cccc(CCOc2ccc(C[C@H](N)C(=O)O)cc2)n1. The van der Waals surface area contributed by atoms with Gasteiger partial charge < -0.3 is 20.9 Å². The van der Waals surface area contributed by atoms with Crippen LogP contribution in [0.3, 0.4) is 0 Å². The molecule has 0 spiro atoms. The first kappa shape index (κ1) is 16.8. The Hall–Kier alpha value is -2.60. The Labute approximate surface area is 135 Å².